The van der Waals surface area contributed by atoms with Crippen molar-refractivity contribution in [2.75, 3.05) is 11.1 Å². The molecule has 2 rings (SSSR count). The van der Waals surface area contributed by atoms with E-state index in [0.29, 0.717) is 11.4 Å². The van der Waals surface area contributed by atoms with Gasteiger partial charge in [0.2, 0.25) is 0 Å². The van der Waals surface area contributed by atoms with Crippen LogP contribution in [0.15, 0.2) is 48.5 Å². The van der Waals surface area contributed by atoms with E-state index in [9.17, 15) is 4.39 Å². The van der Waals surface area contributed by atoms with Gasteiger partial charge < -0.3 is 11.1 Å². The minimum absolute atomic E-state index is 0.135. The summed E-state index contributed by atoms with van der Waals surface area (Å²) in [7, 11) is 0. The Kier molecular flexibility index (Phi) is 3.82. The molecule has 2 aromatic rings. The maximum absolute atomic E-state index is 13.2. The maximum Gasteiger partial charge on any atom is 0.125 e. The Morgan fingerprint density at radius 3 is 2.56 bits per heavy atom. The lowest BCUT2D eigenvalue weighted by molar-refractivity contribution is 0.627. The zero-order valence-corrected chi connectivity index (χ0v) is 10.4. The standard InChI is InChI=1S/C15H17FN2/c1-2-14(11-6-4-3-5-7-11)18-15-10-12(16)8-9-13(15)17/h3-10,14,18H,2,17H2,1H3. The van der Waals surface area contributed by atoms with Crippen LogP contribution in [0, 0.1) is 5.82 Å². The van der Waals surface area contributed by atoms with Crippen molar-refractivity contribution in [3.63, 3.8) is 0 Å². The van der Waals surface area contributed by atoms with Gasteiger partial charge in [0.1, 0.15) is 5.82 Å². The van der Waals surface area contributed by atoms with E-state index in [2.05, 4.69) is 24.4 Å². The number of benzene rings is 2. The second-order valence-electron chi connectivity index (χ2n) is 4.25. The normalized spacial score (nSPS) is 12.1. The molecular weight excluding hydrogens is 227 g/mol. The molecule has 18 heavy (non-hydrogen) atoms. The number of anilines is 2. The SMILES string of the molecule is CCC(Nc1cc(F)ccc1N)c1ccccc1. The fourth-order valence-electron chi connectivity index (χ4n) is 1.95. The summed E-state index contributed by atoms with van der Waals surface area (Å²) in [6.07, 6.45) is 0.903. The van der Waals surface area contributed by atoms with E-state index in [1.807, 2.05) is 18.2 Å². The van der Waals surface area contributed by atoms with Gasteiger partial charge in [0, 0.05) is 0 Å². The molecule has 1 atom stereocenters. The van der Waals surface area contributed by atoms with Gasteiger partial charge in [-0.05, 0) is 30.2 Å². The van der Waals surface area contributed by atoms with Crippen molar-refractivity contribution in [3.8, 4) is 0 Å². The van der Waals surface area contributed by atoms with E-state index in [0.717, 1.165) is 6.42 Å². The van der Waals surface area contributed by atoms with Crippen LogP contribution >= 0.6 is 0 Å². The molecule has 94 valence electrons. The lowest BCUT2D eigenvalue weighted by Crippen LogP contribution is -2.11. The van der Waals surface area contributed by atoms with Crippen molar-refractivity contribution in [1.82, 2.24) is 0 Å². The van der Waals surface area contributed by atoms with Crippen molar-refractivity contribution in [1.29, 1.82) is 0 Å². The van der Waals surface area contributed by atoms with Crippen LogP contribution in [-0.4, -0.2) is 0 Å². The van der Waals surface area contributed by atoms with Crippen LogP contribution in [0.1, 0.15) is 24.9 Å². The van der Waals surface area contributed by atoms with E-state index in [-0.39, 0.29) is 11.9 Å². The average Bonchev–Trinajstić information content (AvgIpc) is 2.41. The fourth-order valence-corrected chi connectivity index (χ4v) is 1.95. The highest BCUT2D eigenvalue weighted by atomic mass is 19.1. The van der Waals surface area contributed by atoms with E-state index >= 15 is 0 Å². The Balaban J connectivity index is 2.23. The number of halogens is 1. The quantitative estimate of drug-likeness (QED) is 0.798. The zero-order valence-electron chi connectivity index (χ0n) is 10.4. The van der Waals surface area contributed by atoms with Gasteiger partial charge >= 0.3 is 0 Å². The van der Waals surface area contributed by atoms with Crippen molar-refractivity contribution in [3.05, 3.63) is 59.9 Å². The maximum atomic E-state index is 13.2. The minimum atomic E-state index is -0.283. The van der Waals surface area contributed by atoms with Gasteiger partial charge in [-0.25, -0.2) is 4.39 Å². The number of nitrogens with one attached hydrogen (secondary N) is 1. The summed E-state index contributed by atoms with van der Waals surface area (Å²) in [6, 6.07) is 14.6. The third-order valence-corrected chi connectivity index (χ3v) is 2.96. The van der Waals surface area contributed by atoms with Crippen LogP contribution in [0.2, 0.25) is 0 Å². The van der Waals surface area contributed by atoms with E-state index in [1.165, 1.54) is 17.7 Å². The van der Waals surface area contributed by atoms with Crippen LogP contribution in [0.5, 0.6) is 0 Å². The Bertz CT molecular complexity index is 511. The van der Waals surface area contributed by atoms with Gasteiger partial charge in [-0.3, -0.25) is 0 Å². The predicted octanol–water partition coefficient (Wildman–Crippen LogP) is 3.97. The molecule has 0 bridgehead atoms. The van der Waals surface area contributed by atoms with Crippen molar-refractivity contribution in [2.45, 2.75) is 19.4 Å². The summed E-state index contributed by atoms with van der Waals surface area (Å²) in [5.41, 5.74) is 8.22. The second kappa shape index (κ2) is 5.54. The van der Waals surface area contributed by atoms with E-state index in [1.54, 1.807) is 6.07 Å². The van der Waals surface area contributed by atoms with Gasteiger partial charge in [-0.15, -0.1) is 0 Å². The van der Waals surface area contributed by atoms with Crippen LogP contribution in [-0.2, 0) is 0 Å². The molecule has 3 N–H and O–H groups in total. The van der Waals surface area contributed by atoms with Gasteiger partial charge in [-0.2, -0.15) is 0 Å². The highest BCUT2D eigenvalue weighted by Crippen LogP contribution is 2.26. The molecule has 2 nitrogen and oxygen atoms in total. The molecule has 0 spiro atoms. The van der Waals surface area contributed by atoms with Crippen LogP contribution < -0.4 is 11.1 Å². The first-order chi connectivity index (χ1) is 8.70. The Labute approximate surface area is 107 Å². The molecule has 0 radical (unpaired) electrons. The van der Waals surface area contributed by atoms with Crippen molar-refractivity contribution in [2.24, 2.45) is 0 Å². The molecule has 0 aliphatic rings. The molecule has 0 aromatic heterocycles. The first-order valence-electron chi connectivity index (χ1n) is 6.07. The summed E-state index contributed by atoms with van der Waals surface area (Å²) >= 11 is 0. The molecular formula is C15H17FN2. The van der Waals surface area contributed by atoms with E-state index < -0.39 is 0 Å². The topological polar surface area (TPSA) is 38.0 Å². The van der Waals surface area contributed by atoms with Crippen LogP contribution in [0.4, 0.5) is 15.8 Å². The summed E-state index contributed by atoms with van der Waals surface area (Å²) in [5.74, 6) is -0.283. The zero-order chi connectivity index (χ0) is 13.0. The van der Waals surface area contributed by atoms with E-state index in [4.69, 9.17) is 5.73 Å². The summed E-state index contributed by atoms with van der Waals surface area (Å²) < 4.78 is 13.2. The average molecular weight is 244 g/mol. The van der Waals surface area contributed by atoms with Gasteiger partial charge in [-0.1, -0.05) is 37.3 Å². The monoisotopic (exact) mass is 244 g/mol. The fraction of sp³-hybridized carbons (Fsp3) is 0.200. The first kappa shape index (κ1) is 12.4. The Morgan fingerprint density at radius 2 is 1.89 bits per heavy atom. The first-order valence-corrected chi connectivity index (χ1v) is 6.07. The molecule has 0 saturated carbocycles. The lowest BCUT2D eigenvalue weighted by Gasteiger charge is -2.20. The Morgan fingerprint density at radius 1 is 1.17 bits per heavy atom. The van der Waals surface area contributed by atoms with Crippen LogP contribution in [0.3, 0.4) is 0 Å². The summed E-state index contributed by atoms with van der Waals surface area (Å²) in [6.45, 7) is 2.08. The highest BCUT2D eigenvalue weighted by Gasteiger charge is 2.10. The molecule has 0 aliphatic heterocycles. The predicted molar refractivity (Wildman–Crippen MR) is 73.9 cm³/mol. The third-order valence-electron chi connectivity index (χ3n) is 2.96. The molecule has 2 aromatic carbocycles. The molecule has 1 unspecified atom stereocenters. The van der Waals surface area contributed by atoms with Crippen molar-refractivity contribution < 1.29 is 4.39 Å². The highest BCUT2D eigenvalue weighted by molar-refractivity contribution is 5.66. The number of nitrogens with two attached hydrogens (primary N) is 1. The Hall–Kier alpha value is -2.03. The minimum Gasteiger partial charge on any atom is -0.397 e. The smallest absolute Gasteiger partial charge is 0.125 e. The number of hydrogen-bond donors (Lipinski definition) is 2. The largest absolute Gasteiger partial charge is 0.397 e. The molecule has 0 amide bonds. The number of nitrogen functional groups attached to an aromatic ring is 1. The molecule has 0 saturated heterocycles. The molecule has 0 heterocycles. The second-order valence-corrected chi connectivity index (χ2v) is 4.25. The van der Waals surface area contributed by atoms with Gasteiger partial charge in [0.25, 0.3) is 0 Å². The number of rotatable bonds is 4. The molecule has 3 heteroatoms. The van der Waals surface area contributed by atoms with Gasteiger partial charge in [0.15, 0.2) is 0 Å². The summed E-state index contributed by atoms with van der Waals surface area (Å²) in [4.78, 5) is 0. The molecule has 0 fully saturated rings. The van der Waals surface area contributed by atoms with Crippen molar-refractivity contribution >= 4 is 11.4 Å². The summed E-state index contributed by atoms with van der Waals surface area (Å²) in [5, 5.41) is 3.29. The van der Waals surface area contributed by atoms with Crippen LogP contribution in [0.25, 0.3) is 0 Å². The van der Waals surface area contributed by atoms with Gasteiger partial charge in [0.05, 0.1) is 17.4 Å². The molecule has 0 aliphatic carbocycles. The third kappa shape index (κ3) is 2.80. The lowest BCUT2D eigenvalue weighted by atomic mass is 10.0. The number of hydrogen-bond acceptors (Lipinski definition) is 2.